The van der Waals surface area contributed by atoms with E-state index >= 15 is 0 Å². The number of nitrogens with one attached hydrogen (secondary N) is 1. The lowest BCUT2D eigenvalue weighted by molar-refractivity contribution is 0.131. The molecule has 0 unspecified atom stereocenters. The Labute approximate surface area is 173 Å². The molecule has 4 rings (SSSR count). The third-order valence-electron chi connectivity index (χ3n) is 6.06. The van der Waals surface area contributed by atoms with Crippen molar-refractivity contribution in [3.63, 3.8) is 0 Å². The van der Waals surface area contributed by atoms with E-state index in [2.05, 4.69) is 43.2 Å². The normalized spacial score (nSPS) is 18.4. The standard InChI is InChI=1S/C22H33N5O2/c1-3-29-16-19-14-17(4-5-20(19)28-2)15-26-11-7-18(8-12-26)22-25-24-21-6-9-23-10-13-27(21)22/h4-5,14,18,23H,3,6-13,15-16H2,1-2H3. The molecule has 1 aromatic heterocycles. The Bertz CT molecular complexity index is 798. The van der Waals surface area contributed by atoms with Gasteiger partial charge in [0.15, 0.2) is 0 Å². The molecule has 2 aromatic rings. The highest BCUT2D eigenvalue weighted by Crippen LogP contribution is 2.29. The third-order valence-corrected chi connectivity index (χ3v) is 6.06. The van der Waals surface area contributed by atoms with Gasteiger partial charge in [-0.25, -0.2) is 0 Å². The molecule has 0 aliphatic carbocycles. The monoisotopic (exact) mass is 399 g/mol. The van der Waals surface area contributed by atoms with Crippen molar-refractivity contribution in [1.82, 2.24) is 25.0 Å². The molecule has 2 aliphatic heterocycles. The molecule has 0 bridgehead atoms. The van der Waals surface area contributed by atoms with E-state index in [1.807, 2.05) is 6.92 Å². The largest absolute Gasteiger partial charge is 0.496 e. The molecule has 0 saturated carbocycles. The minimum Gasteiger partial charge on any atom is -0.496 e. The van der Waals surface area contributed by atoms with E-state index in [4.69, 9.17) is 9.47 Å². The van der Waals surface area contributed by atoms with Gasteiger partial charge in [0.1, 0.15) is 17.4 Å². The van der Waals surface area contributed by atoms with Gasteiger partial charge in [0.25, 0.3) is 0 Å². The van der Waals surface area contributed by atoms with Crippen LogP contribution in [0.3, 0.4) is 0 Å². The maximum Gasteiger partial charge on any atom is 0.136 e. The van der Waals surface area contributed by atoms with Crippen molar-refractivity contribution in [2.45, 2.75) is 51.8 Å². The van der Waals surface area contributed by atoms with Gasteiger partial charge in [-0.05, 0) is 50.6 Å². The summed E-state index contributed by atoms with van der Waals surface area (Å²) in [7, 11) is 1.72. The Morgan fingerprint density at radius 2 is 2.00 bits per heavy atom. The summed E-state index contributed by atoms with van der Waals surface area (Å²) in [5.74, 6) is 3.78. The van der Waals surface area contributed by atoms with Gasteiger partial charge < -0.3 is 19.4 Å². The van der Waals surface area contributed by atoms with Crippen LogP contribution in [0.4, 0.5) is 0 Å². The number of hydrogen-bond donors (Lipinski definition) is 1. The fourth-order valence-corrected chi connectivity index (χ4v) is 4.46. The van der Waals surface area contributed by atoms with Crippen LogP contribution in [-0.2, 0) is 30.9 Å². The quantitative estimate of drug-likeness (QED) is 0.771. The number of benzene rings is 1. The molecule has 0 amide bonds. The number of methoxy groups -OCH3 is 1. The van der Waals surface area contributed by atoms with Gasteiger partial charge in [-0.3, -0.25) is 4.90 Å². The van der Waals surface area contributed by atoms with Crippen LogP contribution in [0.25, 0.3) is 0 Å². The van der Waals surface area contributed by atoms with Crippen molar-refractivity contribution in [2.24, 2.45) is 0 Å². The summed E-state index contributed by atoms with van der Waals surface area (Å²) < 4.78 is 13.5. The SMILES string of the molecule is CCOCc1cc(CN2CCC(c3nnc4n3CCNCC4)CC2)ccc1OC. The molecule has 1 aromatic carbocycles. The number of rotatable bonds is 7. The molecule has 7 heteroatoms. The van der Waals surface area contributed by atoms with E-state index in [0.29, 0.717) is 19.1 Å². The Kier molecular flexibility index (Phi) is 6.79. The van der Waals surface area contributed by atoms with Gasteiger partial charge in [0, 0.05) is 50.7 Å². The van der Waals surface area contributed by atoms with E-state index in [1.54, 1.807) is 7.11 Å². The van der Waals surface area contributed by atoms with Crippen molar-refractivity contribution < 1.29 is 9.47 Å². The highest BCUT2D eigenvalue weighted by molar-refractivity contribution is 5.37. The Balaban J connectivity index is 1.36. The van der Waals surface area contributed by atoms with E-state index in [9.17, 15) is 0 Å². The summed E-state index contributed by atoms with van der Waals surface area (Å²) in [6.07, 6.45) is 3.27. The van der Waals surface area contributed by atoms with Gasteiger partial charge in [-0.2, -0.15) is 0 Å². The summed E-state index contributed by atoms with van der Waals surface area (Å²) in [6.45, 7) is 9.50. The predicted octanol–water partition coefficient (Wildman–Crippen LogP) is 2.35. The van der Waals surface area contributed by atoms with Crippen molar-refractivity contribution >= 4 is 0 Å². The summed E-state index contributed by atoms with van der Waals surface area (Å²) in [4.78, 5) is 2.55. The molecular formula is C22H33N5O2. The average Bonchev–Trinajstić information content (AvgIpc) is 3.01. The van der Waals surface area contributed by atoms with Crippen LogP contribution < -0.4 is 10.1 Å². The molecular weight excluding hydrogens is 366 g/mol. The molecule has 2 aliphatic rings. The molecule has 3 heterocycles. The lowest BCUT2D eigenvalue weighted by Crippen LogP contribution is -2.33. The van der Waals surface area contributed by atoms with Crippen molar-refractivity contribution in [1.29, 1.82) is 0 Å². The van der Waals surface area contributed by atoms with Gasteiger partial charge in [0.05, 0.1) is 13.7 Å². The summed E-state index contributed by atoms with van der Waals surface area (Å²) in [5.41, 5.74) is 2.45. The van der Waals surface area contributed by atoms with Crippen LogP contribution in [0, 0.1) is 0 Å². The zero-order valence-corrected chi connectivity index (χ0v) is 17.7. The van der Waals surface area contributed by atoms with Crippen molar-refractivity contribution in [3.05, 3.63) is 41.0 Å². The number of nitrogens with zero attached hydrogens (tertiary/aromatic N) is 4. The summed E-state index contributed by atoms with van der Waals surface area (Å²) in [6, 6.07) is 6.47. The number of ether oxygens (including phenoxy) is 2. The van der Waals surface area contributed by atoms with Crippen LogP contribution in [0.1, 0.15) is 48.5 Å². The first-order valence-electron chi connectivity index (χ1n) is 10.9. The minimum atomic E-state index is 0.523. The topological polar surface area (TPSA) is 64.4 Å². The third kappa shape index (κ3) is 4.79. The fourth-order valence-electron chi connectivity index (χ4n) is 4.46. The highest BCUT2D eigenvalue weighted by Gasteiger charge is 2.26. The fraction of sp³-hybridized carbons (Fsp3) is 0.636. The Morgan fingerprint density at radius 3 is 2.79 bits per heavy atom. The average molecular weight is 400 g/mol. The second kappa shape index (κ2) is 9.69. The molecule has 0 atom stereocenters. The van der Waals surface area contributed by atoms with E-state index in [-0.39, 0.29) is 0 Å². The van der Waals surface area contributed by atoms with Gasteiger partial charge in [-0.15, -0.1) is 10.2 Å². The summed E-state index contributed by atoms with van der Waals surface area (Å²) in [5, 5.41) is 12.5. The molecule has 1 N–H and O–H groups in total. The molecule has 1 fully saturated rings. The maximum absolute atomic E-state index is 5.60. The highest BCUT2D eigenvalue weighted by atomic mass is 16.5. The summed E-state index contributed by atoms with van der Waals surface area (Å²) >= 11 is 0. The zero-order chi connectivity index (χ0) is 20.1. The maximum atomic E-state index is 5.60. The minimum absolute atomic E-state index is 0.523. The van der Waals surface area contributed by atoms with E-state index in [0.717, 1.165) is 75.7 Å². The smallest absolute Gasteiger partial charge is 0.136 e. The Hall–Kier alpha value is -1.96. The van der Waals surface area contributed by atoms with E-state index < -0.39 is 0 Å². The zero-order valence-electron chi connectivity index (χ0n) is 17.7. The molecule has 1 saturated heterocycles. The molecule has 29 heavy (non-hydrogen) atoms. The number of fused-ring (bicyclic) bond motifs is 1. The van der Waals surface area contributed by atoms with Gasteiger partial charge in [0.2, 0.25) is 0 Å². The van der Waals surface area contributed by atoms with Crippen LogP contribution in [0.5, 0.6) is 5.75 Å². The van der Waals surface area contributed by atoms with Crippen molar-refractivity contribution in [2.75, 3.05) is 39.9 Å². The van der Waals surface area contributed by atoms with Crippen LogP contribution in [0.15, 0.2) is 18.2 Å². The van der Waals surface area contributed by atoms with Crippen LogP contribution in [0.2, 0.25) is 0 Å². The molecule has 0 spiro atoms. The van der Waals surface area contributed by atoms with Crippen LogP contribution >= 0.6 is 0 Å². The van der Waals surface area contributed by atoms with Gasteiger partial charge in [-0.1, -0.05) is 6.07 Å². The van der Waals surface area contributed by atoms with E-state index in [1.165, 1.54) is 11.4 Å². The first kappa shape index (κ1) is 20.3. The molecule has 158 valence electrons. The molecule has 7 nitrogen and oxygen atoms in total. The first-order chi connectivity index (χ1) is 14.3. The number of piperidine rings is 1. The lowest BCUT2D eigenvalue weighted by Gasteiger charge is -2.31. The molecule has 0 radical (unpaired) electrons. The second-order valence-corrected chi connectivity index (χ2v) is 7.96. The second-order valence-electron chi connectivity index (χ2n) is 7.96. The predicted molar refractivity (Wildman–Crippen MR) is 112 cm³/mol. The Morgan fingerprint density at radius 1 is 1.14 bits per heavy atom. The lowest BCUT2D eigenvalue weighted by atomic mass is 9.95. The van der Waals surface area contributed by atoms with Crippen LogP contribution in [-0.4, -0.2) is 59.6 Å². The number of aromatic nitrogens is 3. The first-order valence-corrected chi connectivity index (χ1v) is 10.9. The van der Waals surface area contributed by atoms with Crippen molar-refractivity contribution in [3.8, 4) is 5.75 Å². The number of hydrogen-bond acceptors (Lipinski definition) is 6. The van der Waals surface area contributed by atoms with Gasteiger partial charge >= 0.3 is 0 Å². The number of likely N-dealkylation sites (tertiary alicyclic amines) is 1.